The molecule has 4 rings (SSSR count). The van der Waals surface area contributed by atoms with E-state index in [4.69, 9.17) is 10.5 Å². The summed E-state index contributed by atoms with van der Waals surface area (Å²) in [7, 11) is 0. The Morgan fingerprint density at radius 3 is 2.11 bits per heavy atom. The van der Waals surface area contributed by atoms with Gasteiger partial charge in [-0.15, -0.1) is 0 Å². The zero-order valence-electron chi connectivity index (χ0n) is 17.9. The molecular formula is C23H41N3O2. The Morgan fingerprint density at radius 1 is 1.00 bits per heavy atom. The average molecular weight is 392 g/mol. The molecule has 0 radical (unpaired) electrons. The lowest BCUT2D eigenvalue weighted by molar-refractivity contribution is -0.124. The van der Waals surface area contributed by atoms with Crippen molar-refractivity contribution >= 4 is 11.9 Å². The number of guanidine groups is 1. The van der Waals surface area contributed by atoms with Crippen molar-refractivity contribution < 1.29 is 9.53 Å². The zero-order chi connectivity index (χ0) is 19.8. The molecule has 5 heteroatoms. The molecule has 2 saturated carbocycles. The molecule has 3 N–H and O–H groups in total. The van der Waals surface area contributed by atoms with E-state index in [1.807, 2.05) is 0 Å². The maximum absolute atomic E-state index is 12.5. The summed E-state index contributed by atoms with van der Waals surface area (Å²) in [5.74, 6) is 1.85. The second kappa shape index (κ2) is 10.6. The van der Waals surface area contributed by atoms with Crippen LogP contribution < -0.4 is 11.1 Å². The highest BCUT2D eigenvalue weighted by Gasteiger charge is 2.44. The second-order valence-corrected chi connectivity index (χ2v) is 9.56. The van der Waals surface area contributed by atoms with E-state index < -0.39 is 5.54 Å². The standard InChI is InChI=1S/C18H31N3O.C5H10O/c19-17-20-16(22)18(21-17,13-15-9-5-2-6-10-15)12-11-14-7-3-1-4-8-14;1-5-3-2-4-6-5/h14-15H,1-13H2,(H3,19,20,21,22);5H,2-4H2,1H3. The fourth-order valence-corrected chi connectivity index (χ4v) is 5.48. The number of nitrogens with zero attached hydrogens (tertiary/aromatic N) is 1. The summed E-state index contributed by atoms with van der Waals surface area (Å²) >= 11 is 0. The Bertz CT molecular complexity index is 518. The highest BCUT2D eigenvalue weighted by atomic mass is 16.5. The maximum atomic E-state index is 12.5. The molecule has 5 nitrogen and oxygen atoms in total. The Labute approximate surface area is 171 Å². The zero-order valence-corrected chi connectivity index (χ0v) is 17.9. The summed E-state index contributed by atoms with van der Waals surface area (Å²) in [6.45, 7) is 3.11. The molecule has 1 saturated heterocycles. The highest BCUT2D eigenvalue weighted by molar-refractivity contribution is 6.06. The van der Waals surface area contributed by atoms with Crippen molar-refractivity contribution in [1.82, 2.24) is 5.32 Å². The minimum absolute atomic E-state index is 0.0615. The van der Waals surface area contributed by atoms with Crippen molar-refractivity contribution in [1.29, 1.82) is 0 Å². The normalized spacial score (nSPS) is 31.8. The van der Waals surface area contributed by atoms with Crippen molar-refractivity contribution in [2.75, 3.05) is 6.61 Å². The van der Waals surface area contributed by atoms with Gasteiger partial charge in [0.05, 0.1) is 6.10 Å². The van der Waals surface area contributed by atoms with Gasteiger partial charge in [-0.2, -0.15) is 0 Å². The van der Waals surface area contributed by atoms with Gasteiger partial charge in [-0.25, -0.2) is 4.99 Å². The molecule has 2 aliphatic carbocycles. The van der Waals surface area contributed by atoms with Crippen LogP contribution in [0.4, 0.5) is 0 Å². The van der Waals surface area contributed by atoms with Crippen LogP contribution in [0.2, 0.25) is 0 Å². The van der Waals surface area contributed by atoms with Gasteiger partial charge < -0.3 is 10.5 Å². The molecule has 160 valence electrons. The molecule has 4 aliphatic rings. The molecular weight excluding hydrogens is 350 g/mol. The first kappa shape index (κ1) is 21.6. The number of ether oxygens (including phenoxy) is 1. The van der Waals surface area contributed by atoms with Crippen LogP contribution in [-0.2, 0) is 9.53 Å². The third kappa shape index (κ3) is 6.20. The van der Waals surface area contributed by atoms with E-state index in [2.05, 4.69) is 17.2 Å². The predicted molar refractivity (Wildman–Crippen MR) is 114 cm³/mol. The summed E-state index contributed by atoms with van der Waals surface area (Å²) in [5, 5.41) is 2.77. The van der Waals surface area contributed by atoms with Gasteiger partial charge in [-0.3, -0.25) is 10.1 Å². The Morgan fingerprint density at radius 2 is 1.64 bits per heavy atom. The molecule has 0 spiro atoms. The first-order valence-electron chi connectivity index (χ1n) is 11.9. The van der Waals surface area contributed by atoms with Crippen molar-refractivity contribution in [3.63, 3.8) is 0 Å². The Balaban J connectivity index is 0.000000320. The number of carbonyl (C=O) groups excluding carboxylic acids is 1. The van der Waals surface area contributed by atoms with Crippen LogP contribution in [0, 0.1) is 11.8 Å². The maximum Gasteiger partial charge on any atom is 0.254 e. The summed E-state index contributed by atoms with van der Waals surface area (Å²) in [6, 6.07) is 0. The lowest BCUT2D eigenvalue weighted by Gasteiger charge is -2.32. The fraction of sp³-hybridized carbons (Fsp3) is 0.913. The van der Waals surface area contributed by atoms with E-state index in [0.717, 1.165) is 31.8 Å². The van der Waals surface area contributed by atoms with Gasteiger partial charge >= 0.3 is 0 Å². The molecule has 3 fully saturated rings. The number of carbonyl (C=O) groups is 1. The molecule has 1 amide bonds. The van der Waals surface area contributed by atoms with Gasteiger partial charge in [0.1, 0.15) is 5.54 Å². The number of nitrogens with one attached hydrogen (secondary N) is 1. The smallest absolute Gasteiger partial charge is 0.254 e. The van der Waals surface area contributed by atoms with Gasteiger partial charge in [0.2, 0.25) is 0 Å². The largest absolute Gasteiger partial charge is 0.379 e. The molecule has 2 aliphatic heterocycles. The average Bonchev–Trinajstić information content (AvgIpc) is 3.29. The van der Waals surface area contributed by atoms with Crippen molar-refractivity contribution in [3.8, 4) is 0 Å². The fourth-order valence-electron chi connectivity index (χ4n) is 5.48. The SMILES string of the molecule is CC1CCCO1.NC1=NC(CCC2CCCCC2)(CC2CCCCC2)C(=O)N1. The first-order chi connectivity index (χ1) is 13.6. The van der Waals surface area contributed by atoms with Crippen molar-refractivity contribution in [2.24, 2.45) is 22.6 Å². The third-order valence-corrected chi connectivity index (χ3v) is 7.20. The van der Waals surface area contributed by atoms with E-state index in [1.165, 1.54) is 77.0 Å². The van der Waals surface area contributed by atoms with Crippen LogP contribution in [0.3, 0.4) is 0 Å². The minimum Gasteiger partial charge on any atom is -0.379 e. The lowest BCUT2D eigenvalue weighted by atomic mass is 9.75. The molecule has 0 aromatic rings. The second-order valence-electron chi connectivity index (χ2n) is 9.56. The minimum atomic E-state index is -0.552. The van der Waals surface area contributed by atoms with Crippen LogP contribution >= 0.6 is 0 Å². The van der Waals surface area contributed by atoms with Gasteiger partial charge in [0.15, 0.2) is 5.96 Å². The van der Waals surface area contributed by atoms with E-state index in [-0.39, 0.29) is 5.91 Å². The quantitative estimate of drug-likeness (QED) is 0.714. The van der Waals surface area contributed by atoms with E-state index >= 15 is 0 Å². The van der Waals surface area contributed by atoms with E-state index in [0.29, 0.717) is 18.0 Å². The monoisotopic (exact) mass is 391 g/mol. The Kier molecular flexibility index (Phi) is 8.19. The van der Waals surface area contributed by atoms with Crippen LogP contribution in [0.15, 0.2) is 4.99 Å². The van der Waals surface area contributed by atoms with Crippen molar-refractivity contribution in [3.05, 3.63) is 0 Å². The molecule has 0 aromatic carbocycles. The lowest BCUT2D eigenvalue weighted by Crippen LogP contribution is -2.42. The first-order valence-corrected chi connectivity index (χ1v) is 11.9. The van der Waals surface area contributed by atoms with Gasteiger partial charge in [0.25, 0.3) is 5.91 Å². The number of rotatable bonds is 5. The van der Waals surface area contributed by atoms with E-state index in [9.17, 15) is 4.79 Å². The number of hydrogen-bond donors (Lipinski definition) is 2. The molecule has 2 unspecified atom stereocenters. The number of hydrogen-bond acceptors (Lipinski definition) is 4. The van der Waals surface area contributed by atoms with Gasteiger partial charge in [-0.05, 0) is 50.9 Å². The molecule has 2 atom stereocenters. The van der Waals surface area contributed by atoms with Crippen LogP contribution in [0.1, 0.15) is 103 Å². The van der Waals surface area contributed by atoms with Crippen LogP contribution in [-0.4, -0.2) is 30.1 Å². The number of aliphatic imine (C=N–C) groups is 1. The highest BCUT2D eigenvalue weighted by Crippen LogP contribution is 2.38. The molecule has 28 heavy (non-hydrogen) atoms. The number of amides is 1. The van der Waals surface area contributed by atoms with E-state index in [1.54, 1.807) is 0 Å². The topological polar surface area (TPSA) is 76.7 Å². The summed E-state index contributed by atoms with van der Waals surface area (Å²) in [6.07, 6.45) is 19.3. The predicted octanol–water partition coefficient (Wildman–Crippen LogP) is 4.69. The molecule has 0 bridgehead atoms. The summed E-state index contributed by atoms with van der Waals surface area (Å²) in [5.41, 5.74) is 5.28. The molecule has 2 heterocycles. The van der Waals surface area contributed by atoms with Crippen LogP contribution in [0.5, 0.6) is 0 Å². The van der Waals surface area contributed by atoms with Gasteiger partial charge in [0, 0.05) is 6.61 Å². The summed E-state index contributed by atoms with van der Waals surface area (Å²) in [4.78, 5) is 17.2. The van der Waals surface area contributed by atoms with Crippen molar-refractivity contribution in [2.45, 2.75) is 115 Å². The summed E-state index contributed by atoms with van der Waals surface area (Å²) < 4.78 is 5.15. The number of nitrogens with two attached hydrogens (primary N) is 1. The van der Waals surface area contributed by atoms with Gasteiger partial charge in [-0.1, -0.05) is 64.2 Å². The Hall–Kier alpha value is -1.10. The third-order valence-electron chi connectivity index (χ3n) is 7.20. The van der Waals surface area contributed by atoms with Crippen LogP contribution in [0.25, 0.3) is 0 Å². The molecule has 0 aromatic heterocycles.